The molecule has 21 heavy (non-hydrogen) atoms. The van der Waals surface area contributed by atoms with Crippen molar-refractivity contribution in [2.24, 2.45) is 5.92 Å². The molecule has 0 bridgehead atoms. The van der Waals surface area contributed by atoms with E-state index in [2.05, 4.69) is 73.0 Å². The van der Waals surface area contributed by atoms with Crippen molar-refractivity contribution in [3.05, 3.63) is 42.4 Å². The standard InChI is InChI=1S/C18H27N3/c1-14(2)11-16-5-7-17(8-6-16)18-12-21(13-20-18)10-9-19-15(3)4/h5-8,12-15,19H,9-11H2,1-4H3. The van der Waals surface area contributed by atoms with Gasteiger partial charge >= 0.3 is 0 Å². The quantitative estimate of drug-likeness (QED) is 0.839. The maximum atomic E-state index is 4.51. The van der Waals surface area contributed by atoms with E-state index in [4.69, 9.17) is 0 Å². The van der Waals surface area contributed by atoms with Gasteiger partial charge in [0.25, 0.3) is 0 Å². The number of imidazole rings is 1. The zero-order valence-electron chi connectivity index (χ0n) is 13.6. The summed E-state index contributed by atoms with van der Waals surface area (Å²) in [6.07, 6.45) is 5.18. The van der Waals surface area contributed by atoms with E-state index in [9.17, 15) is 0 Å². The molecule has 2 rings (SSSR count). The van der Waals surface area contributed by atoms with Gasteiger partial charge in [0, 0.05) is 30.9 Å². The number of hydrogen-bond acceptors (Lipinski definition) is 2. The Kier molecular flexibility index (Phi) is 5.57. The van der Waals surface area contributed by atoms with Crippen LogP contribution in [0, 0.1) is 5.92 Å². The summed E-state index contributed by atoms with van der Waals surface area (Å²) in [4.78, 5) is 4.51. The van der Waals surface area contributed by atoms with Gasteiger partial charge in [-0.1, -0.05) is 52.0 Å². The Morgan fingerprint density at radius 3 is 2.43 bits per heavy atom. The summed E-state index contributed by atoms with van der Waals surface area (Å²) in [5, 5.41) is 3.42. The van der Waals surface area contributed by atoms with Crippen LogP contribution in [-0.2, 0) is 13.0 Å². The van der Waals surface area contributed by atoms with Gasteiger partial charge in [-0.15, -0.1) is 0 Å². The molecule has 3 nitrogen and oxygen atoms in total. The molecular formula is C18H27N3. The zero-order valence-corrected chi connectivity index (χ0v) is 13.6. The normalized spacial score (nSPS) is 11.5. The van der Waals surface area contributed by atoms with Crippen molar-refractivity contribution in [1.29, 1.82) is 0 Å². The highest BCUT2D eigenvalue weighted by atomic mass is 15.1. The molecule has 0 radical (unpaired) electrons. The number of aromatic nitrogens is 2. The first-order valence-electron chi connectivity index (χ1n) is 7.89. The molecule has 114 valence electrons. The van der Waals surface area contributed by atoms with Gasteiger partial charge < -0.3 is 9.88 Å². The fourth-order valence-corrected chi connectivity index (χ4v) is 2.40. The van der Waals surface area contributed by atoms with Crippen LogP contribution in [0.4, 0.5) is 0 Å². The van der Waals surface area contributed by atoms with Crippen molar-refractivity contribution in [3.63, 3.8) is 0 Å². The fraction of sp³-hybridized carbons (Fsp3) is 0.500. The van der Waals surface area contributed by atoms with E-state index in [1.807, 2.05) is 6.33 Å². The molecular weight excluding hydrogens is 258 g/mol. The molecule has 1 heterocycles. The molecule has 3 heteroatoms. The van der Waals surface area contributed by atoms with Crippen molar-refractivity contribution >= 4 is 0 Å². The van der Waals surface area contributed by atoms with Gasteiger partial charge in [0.15, 0.2) is 0 Å². The second kappa shape index (κ2) is 7.41. The summed E-state index contributed by atoms with van der Waals surface area (Å²) in [6, 6.07) is 9.32. The maximum absolute atomic E-state index is 4.51. The molecule has 0 fully saturated rings. The maximum Gasteiger partial charge on any atom is 0.0954 e. The second-order valence-electron chi connectivity index (χ2n) is 6.40. The fourth-order valence-electron chi connectivity index (χ4n) is 2.40. The van der Waals surface area contributed by atoms with E-state index < -0.39 is 0 Å². The predicted octanol–water partition coefficient (Wildman–Crippen LogP) is 3.75. The van der Waals surface area contributed by atoms with Gasteiger partial charge in [0.05, 0.1) is 12.0 Å². The second-order valence-corrected chi connectivity index (χ2v) is 6.40. The molecule has 1 aromatic heterocycles. The first-order chi connectivity index (χ1) is 10.0. The van der Waals surface area contributed by atoms with Crippen LogP contribution in [0.3, 0.4) is 0 Å². The topological polar surface area (TPSA) is 29.9 Å². The van der Waals surface area contributed by atoms with Crippen LogP contribution in [0.2, 0.25) is 0 Å². The van der Waals surface area contributed by atoms with E-state index in [1.54, 1.807) is 0 Å². The van der Waals surface area contributed by atoms with Gasteiger partial charge in [-0.3, -0.25) is 0 Å². The van der Waals surface area contributed by atoms with Crippen molar-refractivity contribution in [3.8, 4) is 11.3 Å². The Hall–Kier alpha value is -1.61. The van der Waals surface area contributed by atoms with Crippen LogP contribution in [-0.4, -0.2) is 22.1 Å². The summed E-state index contributed by atoms with van der Waals surface area (Å²) in [6.45, 7) is 10.8. The Balaban J connectivity index is 1.97. The molecule has 1 aromatic carbocycles. The minimum Gasteiger partial charge on any atom is -0.336 e. The first-order valence-corrected chi connectivity index (χ1v) is 7.89. The molecule has 0 unspecified atom stereocenters. The molecule has 0 saturated carbocycles. The number of rotatable bonds is 7. The lowest BCUT2D eigenvalue weighted by molar-refractivity contribution is 0.541. The van der Waals surface area contributed by atoms with Crippen LogP contribution in [0.25, 0.3) is 11.3 Å². The highest BCUT2D eigenvalue weighted by Gasteiger charge is 2.04. The van der Waals surface area contributed by atoms with E-state index in [0.29, 0.717) is 12.0 Å². The molecule has 1 N–H and O–H groups in total. The molecule has 0 atom stereocenters. The number of nitrogens with zero attached hydrogens (tertiary/aromatic N) is 2. The first kappa shape index (κ1) is 15.8. The van der Waals surface area contributed by atoms with E-state index >= 15 is 0 Å². The molecule has 0 aliphatic heterocycles. The Labute approximate surface area is 128 Å². The van der Waals surface area contributed by atoms with Crippen molar-refractivity contribution in [1.82, 2.24) is 14.9 Å². The van der Waals surface area contributed by atoms with Gasteiger partial charge in [-0.05, 0) is 17.9 Å². The monoisotopic (exact) mass is 285 g/mol. The van der Waals surface area contributed by atoms with Gasteiger partial charge in [0.2, 0.25) is 0 Å². The van der Waals surface area contributed by atoms with E-state index in [0.717, 1.165) is 25.2 Å². The zero-order chi connectivity index (χ0) is 15.2. The molecule has 0 aliphatic rings. The summed E-state index contributed by atoms with van der Waals surface area (Å²) >= 11 is 0. The number of hydrogen-bond donors (Lipinski definition) is 1. The Morgan fingerprint density at radius 1 is 1.10 bits per heavy atom. The molecule has 0 aliphatic carbocycles. The van der Waals surface area contributed by atoms with Gasteiger partial charge in [0.1, 0.15) is 0 Å². The van der Waals surface area contributed by atoms with E-state index in [1.165, 1.54) is 11.1 Å². The van der Waals surface area contributed by atoms with Gasteiger partial charge in [-0.25, -0.2) is 4.98 Å². The average molecular weight is 285 g/mol. The third-order valence-electron chi connectivity index (χ3n) is 3.45. The summed E-state index contributed by atoms with van der Waals surface area (Å²) in [5.41, 5.74) is 3.64. The van der Waals surface area contributed by atoms with Crippen molar-refractivity contribution in [2.45, 2.75) is 46.7 Å². The van der Waals surface area contributed by atoms with Crippen LogP contribution >= 0.6 is 0 Å². The Morgan fingerprint density at radius 2 is 1.81 bits per heavy atom. The highest BCUT2D eigenvalue weighted by Crippen LogP contribution is 2.18. The van der Waals surface area contributed by atoms with Crippen molar-refractivity contribution in [2.75, 3.05) is 6.54 Å². The van der Waals surface area contributed by atoms with Crippen molar-refractivity contribution < 1.29 is 0 Å². The van der Waals surface area contributed by atoms with Crippen LogP contribution in [0.5, 0.6) is 0 Å². The largest absolute Gasteiger partial charge is 0.336 e. The Bertz CT molecular complexity index is 538. The van der Waals surface area contributed by atoms with E-state index in [-0.39, 0.29) is 0 Å². The molecule has 0 amide bonds. The summed E-state index contributed by atoms with van der Waals surface area (Å²) < 4.78 is 2.15. The number of nitrogens with one attached hydrogen (secondary N) is 1. The third kappa shape index (κ3) is 5.01. The lowest BCUT2D eigenvalue weighted by Crippen LogP contribution is -2.26. The lowest BCUT2D eigenvalue weighted by atomic mass is 10.0. The SMILES string of the molecule is CC(C)Cc1ccc(-c2cn(CCNC(C)C)cn2)cc1. The third-order valence-corrected chi connectivity index (χ3v) is 3.45. The lowest BCUT2D eigenvalue weighted by Gasteiger charge is -2.07. The minimum absolute atomic E-state index is 0.529. The predicted molar refractivity (Wildman–Crippen MR) is 89.3 cm³/mol. The summed E-state index contributed by atoms with van der Waals surface area (Å²) in [5.74, 6) is 0.698. The van der Waals surface area contributed by atoms with Gasteiger partial charge in [-0.2, -0.15) is 0 Å². The van der Waals surface area contributed by atoms with Crippen LogP contribution in [0.15, 0.2) is 36.8 Å². The molecule has 0 saturated heterocycles. The summed E-state index contributed by atoms with van der Waals surface area (Å²) in [7, 11) is 0. The smallest absolute Gasteiger partial charge is 0.0954 e. The molecule has 2 aromatic rings. The number of benzene rings is 1. The highest BCUT2D eigenvalue weighted by molar-refractivity contribution is 5.58. The molecule has 0 spiro atoms. The average Bonchev–Trinajstić information content (AvgIpc) is 2.87. The van der Waals surface area contributed by atoms with Crippen LogP contribution in [0.1, 0.15) is 33.3 Å². The minimum atomic E-state index is 0.529. The van der Waals surface area contributed by atoms with Crippen LogP contribution < -0.4 is 5.32 Å².